The lowest BCUT2D eigenvalue weighted by Crippen LogP contribution is -2.39. The smallest absolute Gasteiger partial charge is 0.193 e. The van der Waals surface area contributed by atoms with Crippen LogP contribution in [-0.2, 0) is 13.0 Å². The van der Waals surface area contributed by atoms with Gasteiger partial charge in [-0.25, -0.2) is 4.68 Å². The number of ether oxygens (including phenoxy) is 2. The summed E-state index contributed by atoms with van der Waals surface area (Å²) >= 11 is 0. The highest BCUT2D eigenvalue weighted by molar-refractivity contribution is 14.0. The van der Waals surface area contributed by atoms with Gasteiger partial charge in [-0.2, -0.15) is 5.10 Å². The van der Waals surface area contributed by atoms with E-state index in [2.05, 4.69) is 38.5 Å². The summed E-state index contributed by atoms with van der Waals surface area (Å²) in [5.74, 6) is 2.33. The first-order valence-electron chi connectivity index (χ1n) is 9.86. The number of methoxy groups -OCH3 is 2. The van der Waals surface area contributed by atoms with Crippen LogP contribution >= 0.6 is 24.0 Å². The second kappa shape index (κ2) is 12.2. The first-order chi connectivity index (χ1) is 14.6. The molecule has 0 amide bonds. The second-order valence-corrected chi connectivity index (χ2v) is 6.88. The molecule has 2 aromatic carbocycles. The van der Waals surface area contributed by atoms with E-state index < -0.39 is 0 Å². The van der Waals surface area contributed by atoms with E-state index in [1.54, 1.807) is 27.5 Å². The number of hydrogen-bond donors (Lipinski definition) is 1. The SMILES string of the molecule is CN=C(NCc1cccc(-n2cccn2)c1)N(C)CCc1ccc(OC)c(OC)c1.I. The minimum absolute atomic E-state index is 0. The molecule has 0 radical (unpaired) electrons. The average molecular weight is 535 g/mol. The summed E-state index contributed by atoms with van der Waals surface area (Å²) in [6, 6.07) is 16.2. The van der Waals surface area contributed by atoms with Crippen molar-refractivity contribution in [3.63, 3.8) is 0 Å². The predicted octanol–water partition coefficient (Wildman–Crippen LogP) is 3.76. The quantitative estimate of drug-likeness (QED) is 0.271. The van der Waals surface area contributed by atoms with Crippen molar-refractivity contribution in [3.05, 3.63) is 72.1 Å². The molecule has 0 fully saturated rings. The Labute approximate surface area is 201 Å². The molecule has 166 valence electrons. The van der Waals surface area contributed by atoms with Gasteiger partial charge in [0.05, 0.1) is 19.9 Å². The number of halogens is 1. The standard InChI is InChI=1S/C23H29N5O2.HI/c1-24-23(25-17-19-7-5-8-20(15-19)28-13-6-12-26-28)27(2)14-11-18-9-10-21(29-3)22(16-18)30-4;/h5-10,12-13,15-16H,11,14,17H2,1-4H3,(H,24,25);1H. The molecule has 0 unspecified atom stereocenters. The third-order valence-corrected chi connectivity index (χ3v) is 4.89. The summed E-state index contributed by atoms with van der Waals surface area (Å²) in [6.45, 7) is 1.50. The van der Waals surface area contributed by atoms with Crippen LogP contribution < -0.4 is 14.8 Å². The van der Waals surface area contributed by atoms with Gasteiger partial charge in [-0.1, -0.05) is 18.2 Å². The van der Waals surface area contributed by atoms with Gasteiger partial charge >= 0.3 is 0 Å². The van der Waals surface area contributed by atoms with Gasteiger partial charge in [0.15, 0.2) is 17.5 Å². The highest BCUT2D eigenvalue weighted by Gasteiger charge is 2.09. The van der Waals surface area contributed by atoms with E-state index in [-0.39, 0.29) is 24.0 Å². The molecule has 0 aliphatic heterocycles. The van der Waals surface area contributed by atoms with Crippen molar-refractivity contribution < 1.29 is 9.47 Å². The summed E-state index contributed by atoms with van der Waals surface area (Å²) in [4.78, 5) is 6.54. The molecule has 0 bridgehead atoms. The van der Waals surface area contributed by atoms with E-state index in [1.807, 2.05) is 48.3 Å². The Hall–Kier alpha value is -2.75. The van der Waals surface area contributed by atoms with Crippen molar-refractivity contribution >= 4 is 29.9 Å². The normalized spacial score (nSPS) is 10.9. The van der Waals surface area contributed by atoms with Crippen LogP contribution in [0.25, 0.3) is 5.69 Å². The molecule has 1 heterocycles. The molecule has 1 aromatic heterocycles. The van der Waals surface area contributed by atoms with Crippen molar-refractivity contribution in [2.75, 3.05) is 34.9 Å². The van der Waals surface area contributed by atoms with Gasteiger partial charge in [0.25, 0.3) is 0 Å². The molecule has 1 N–H and O–H groups in total. The summed E-state index contributed by atoms with van der Waals surface area (Å²) in [7, 11) is 7.14. The molecular weight excluding hydrogens is 505 g/mol. The van der Waals surface area contributed by atoms with Crippen LogP contribution in [0.4, 0.5) is 0 Å². The van der Waals surface area contributed by atoms with Gasteiger partial charge in [0, 0.05) is 39.6 Å². The number of nitrogens with one attached hydrogen (secondary N) is 1. The monoisotopic (exact) mass is 535 g/mol. The summed E-state index contributed by atoms with van der Waals surface area (Å²) in [5.41, 5.74) is 3.38. The summed E-state index contributed by atoms with van der Waals surface area (Å²) in [6.07, 6.45) is 4.58. The van der Waals surface area contributed by atoms with Gasteiger partial charge < -0.3 is 19.7 Å². The Kier molecular flexibility index (Phi) is 9.64. The topological polar surface area (TPSA) is 63.9 Å². The molecule has 0 aliphatic rings. The zero-order chi connectivity index (χ0) is 21.3. The van der Waals surface area contributed by atoms with Crippen LogP contribution in [0.5, 0.6) is 11.5 Å². The number of benzene rings is 2. The van der Waals surface area contributed by atoms with Crippen LogP contribution in [-0.4, -0.2) is 55.5 Å². The van der Waals surface area contributed by atoms with Crippen molar-refractivity contribution in [1.29, 1.82) is 0 Å². The first kappa shape index (κ1) is 24.5. The minimum Gasteiger partial charge on any atom is -0.493 e. The maximum Gasteiger partial charge on any atom is 0.193 e. The Morgan fingerprint density at radius 2 is 1.87 bits per heavy atom. The molecule has 0 atom stereocenters. The van der Waals surface area contributed by atoms with Crippen molar-refractivity contribution in [3.8, 4) is 17.2 Å². The lowest BCUT2D eigenvalue weighted by molar-refractivity contribution is 0.354. The zero-order valence-electron chi connectivity index (χ0n) is 18.4. The maximum atomic E-state index is 5.40. The molecule has 3 aromatic rings. The molecular formula is C23H30IN5O2. The maximum absolute atomic E-state index is 5.40. The lowest BCUT2D eigenvalue weighted by Gasteiger charge is -2.22. The molecule has 0 saturated heterocycles. The lowest BCUT2D eigenvalue weighted by atomic mass is 10.1. The number of aromatic nitrogens is 2. The molecule has 0 saturated carbocycles. The van der Waals surface area contributed by atoms with Gasteiger partial charge in [0.1, 0.15) is 0 Å². The molecule has 31 heavy (non-hydrogen) atoms. The number of aliphatic imine (C=N–C) groups is 1. The largest absolute Gasteiger partial charge is 0.493 e. The Morgan fingerprint density at radius 3 is 2.55 bits per heavy atom. The average Bonchev–Trinajstić information content (AvgIpc) is 3.33. The van der Waals surface area contributed by atoms with E-state index >= 15 is 0 Å². The highest BCUT2D eigenvalue weighted by Crippen LogP contribution is 2.27. The summed E-state index contributed by atoms with van der Waals surface area (Å²) in [5, 5.41) is 7.73. The van der Waals surface area contributed by atoms with Gasteiger partial charge in [-0.3, -0.25) is 4.99 Å². The van der Waals surface area contributed by atoms with E-state index in [4.69, 9.17) is 9.47 Å². The van der Waals surface area contributed by atoms with Crippen molar-refractivity contribution in [1.82, 2.24) is 20.0 Å². The third-order valence-electron chi connectivity index (χ3n) is 4.89. The van der Waals surface area contributed by atoms with Crippen molar-refractivity contribution in [2.45, 2.75) is 13.0 Å². The van der Waals surface area contributed by atoms with Gasteiger partial charge in [-0.05, 0) is 47.9 Å². The van der Waals surface area contributed by atoms with Crippen molar-refractivity contribution in [2.24, 2.45) is 4.99 Å². The number of hydrogen-bond acceptors (Lipinski definition) is 4. The van der Waals surface area contributed by atoms with Crippen LogP contribution in [0, 0.1) is 0 Å². The third kappa shape index (κ3) is 6.61. The Bertz CT molecular complexity index is 976. The second-order valence-electron chi connectivity index (χ2n) is 6.88. The fraction of sp³-hybridized carbons (Fsp3) is 0.304. The van der Waals surface area contributed by atoms with E-state index in [0.29, 0.717) is 6.54 Å². The minimum atomic E-state index is 0. The molecule has 8 heteroatoms. The number of likely N-dealkylation sites (N-methyl/N-ethyl adjacent to an activating group) is 1. The molecule has 0 spiro atoms. The van der Waals surface area contributed by atoms with E-state index in [1.165, 1.54) is 5.56 Å². The fourth-order valence-electron chi connectivity index (χ4n) is 3.24. The van der Waals surface area contributed by atoms with E-state index in [0.717, 1.165) is 41.7 Å². The number of nitrogens with zero attached hydrogens (tertiary/aromatic N) is 4. The molecule has 0 aliphatic carbocycles. The Morgan fingerprint density at radius 1 is 1.06 bits per heavy atom. The Balaban J connectivity index is 0.00000341. The van der Waals surface area contributed by atoms with Gasteiger partial charge in [-0.15, -0.1) is 24.0 Å². The van der Waals surface area contributed by atoms with Crippen LogP contribution in [0.3, 0.4) is 0 Å². The van der Waals surface area contributed by atoms with Crippen LogP contribution in [0.15, 0.2) is 65.9 Å². The van der Waals surface area contributed by atoms with Crippen LogP contribution in [0.1, 0.15) is 11.1 Å². The highest BCUT2D eigenvalue weighted by atomic mass is 127. The zero-order valence-corrected chi connectivity index (χ0v) is 20.7. The predicted molar refractivity (Wildman–Crippen MR) is 135 cm³/mol. The number of guanidine groups is 1. The molecule has 7 nitrogen and oxygen atoms in total. The van der Waals surface area contributed by atoms with Gasteiger partial charge in [0.2, 0.25) is 0 Å². The molecule has 3 rings (SSSR count). The fourth-order valence-corrected chi connectivity index (χ4v) is 3.24. The first-order valence-corrected chi connectivity index (χ1v) is 9.86. The van der Waals surface area contributed by atoms with Crippen LogP contribution in [0.2, 0.25) is 0 Å². The summed E-state index contributed by atoms with van der Waals surface area (Å²) < 4.78 is 12.6. The van der Waals surface area contributed by atoms with E-state index in [9.17, 15) is 0 Å². The number of rotatable bonds is 8.